The van der Waals surface area contributed by atoms with E-state index in [2.05, 4.69) is 34.8 Å². The van der Waals surface area contributed by atoms with E-state index >= 15 is 0 Å². The van der Waals surface area contributed by atoms with Crippen molar-refractivity contribution in [3.8, 4) is 0 Å². The Labute approximate surface area is 135 Å². The molecule has 0 amide bonds. The van der Waals surface area contributed by atoms with E-state index in [1.807, 2.05) is 12.1 Å². The molecule has 0 saturated heterocycles. The summed E-state index contributed by atoms with van der Waals surface area (Å²) in [6.07, 6.45) is 0.703. The first-order valence-corrected chi connectivity index (χ1v) is 8.14. The Kier molecular flexibility index (Phi) is 4.77. The molecule has 1 heterocycles. The third-order valence-electron chi connectivity index (χ3n) is 2.76. The molecule has 19 heavy (non-hydrogen) atoms. The number of hydrogen-bond donors (Lipinski definition) is 1. The molecule has 2 rings (SSSR count). The number of benzene rings is 1. The Hall–Kier alpha value is -0.290. The van der Waals surface area contributed by atoms with Gasteiger partial charge in [-0.1, -0.05) is 43.1 Å². The van der Waals surface area contributed by atoms with Crippen LogP contribution < -0.4 is 5.73 Å². The third kappa shape index (κ3) is 3.24. The second-order valence-electron chi connectivity index (χ2n) is 4.53. The molecule has 102 valence electrons. The molecule has 0 atom stereocenters. The van der Waals surface area contributed by atoms with Crippen molar-refractivity contribution < 1.29 is 0 Å². The summed E-state index contributed by atoms with van der Waals surface area (Å²) in [5.41, 5.74) is 7.83. The maximum absolute atomic E-state index is 6.28. The van der Waals surface area contributed by atoms with Crippen LogP contribution in [0, 0.1) is 0 Å². The molecule has 0 radical (unpaired) electrons. The quantitative estimate of drug-likeness (QED) is 0.714. The number of nitrogen functional groups attached to an aromatic ring is 1. The second kappa shape index (κ2) is 6.00. The van der Waals surface area contributed by atoms with Crippen molar-refractivity contribution in [2.75, 3.05) is 5.73 Å². The van der Waals surface area contributed by atoms with E-state index in [0.717, 1.165) is 20.6 Å². The fourth-order valence-electron chi connectivity index (χ4n) is 1.84. The first-order chi connectivity index (χ1) is 8.90. The molecular weight excluding hydrogens is 367 g/mol. The first-order valence-electron chi connectivity index (χ1n) is 5.77. The summed E-state index contributed by atoms with van der Waals surface area (Å²) in [6.45, 7) is 4.21. The predicted octanol–water partition coefficient (Wildman–Crippen LogP) is 5.51. The van der Waals surface area contributed by atoms with Gasteiger partial charge in [-0.15, -0.1) is 11.3 Å². The predicted molar refractivity (Wildman–Crippen MR) is 87.6 cm³/mol. The number of halogens is 3. The Balaban J connectivity index is 2.39. The Morgan fingerprint density at radius 2 is 2.00 bits per heavy atom. The van der Waals surface area contributed by atoms with Gasteiger partial charge in [-0.25, -0.2) is 4.98 Å². The van der Waals surface area contributed by atoms with Crippen molar-refractivity contribution in [3.05, 3.63) is 42.8 Å². The van der Waals surface area contributed by atoms with Gasteiger partial charge in [0.05, 0.1) is 15.7 Å². The highest BCUT2D eigenvalue weighted by Gasteiger charge is 2.16. The maximum Gasteiger partial charge on any atom is 0.180 e. The van der Waals surface area contributed by atoms with E-state index in [1.165, 1.54) is 11.3 Å². The lowest BCUT2D eigenvalue weighted by Crippen LogP contribution is -1.96. The number of nitrogens with zero attached hydrogens (tertiary/aromatic N) is 1. The van der Waals surface area contributed by atoms with Gasteiger partial charge in [-0.3, -0.25) is 0 Å². The Morgan fingerprint density at radius 3 is 2.63 bits per heavy atom. The molecule has 2 aromatic rings. The second-order valence-corrected chi connectivity index (χ2v) is 7.25. The van der Waals surface area contributed by atoms with Gasteiger partial charge in [-0.05, 0) is 33.5 Å². The van der Waals surface area contributed by atoms with Crippen LogP contribution in [0.2, 0.25) is 10.0 Å². The molecule has 0 aliphatic rings. The van der Waals surface area contributed by atoms with Gasteiger partial charge in [0.15, 0.2) is 5.13 Å². The summed E-state index contributed by atoms with van der Waals surface area (Å²) in [6, 6.07) is 3.88. The van der Waals surface area contributed by atoms with Crippen LogP contribution in [0.3, 0.4) is 0 Å². The standard InChI is InChI=1S/C13H13BrCl2N2S/c1-6(2)12-9(19-13(17)18-12)5-7-3-4-8(14)11(16)10(7)15/h3-4,6H,5H2,1-2H3,(H2,17,18). The van der Waals surface area contributed by atoms with Gasteiger partial charge < -0.3 is 5.73 Å². The molecule has 1 aromatic heterocycles. The van der Waals surface area contributed by atoms with E-state index in [-0.39, 0.29) is 0 Å². The monoisotopic (exact) mass is 378 g/mol. The SMILES string of the molecule is CC(C)c1nc(N)sc1Cc1ccc(Br)c(Cl)c1Cl. The minimum Gasteiger partial charge on any atom is -0.375 e. The fourth-order valence-corrected chi connectivity index (χ4v) is 3.71. The van der Waals surface area contributed by atoms with Crippen molar-refractivity contribution in [3.63, 3.8) is 0 Å². The molecule has 2 nitrogen and oxygen atoms in total. The number of anilines is 1. The minimum absolute atomic E-state index is 0.341. The maximum atomic E-state index is 6.28. The average molecular weight is 380 g/mol. The van der Waals surface area contributed by atoms with Gasteiger partial charge in [0, 0.05) is 15.8 Å². The van der Waals surface area contributed by atoms with Crippen LogP contribution in [-0.4, -0.2) is 4.98 Å². The molecule has 0 aliphatic heterocycles. The highest BCUT2D eigenvalue weighted by molar-refractivity contribution is 9.10. The zero-order chi connectivity index (χ0) is 14.2. The van der Waals surface area contributed by atoms with E-state index in [9.17, 15) is 0 Å². The largest absolute Gasteiger partial charge is 0.375 e. The molecule has 0 unspecified atom stereocenters. The van der Waals surface area contributed by atoms with Crippen LogP contribution in [0.4, 0.5) is 5.13 Å². The van der Waals surface area contributed by atoms with Gasteiger partial charge in [0.2, 0.25) is 0 Å². The van der Waals surface area contributed by atoms with Gasteiger partial charge in [-0.2, -0.15) is 0 Å². The molecule has 6 heteroatoms. The molecule has 1 aromatic carbocycles. The van der Waals surface area contributed by atoms with E-state index in [4.69, 9.17) is 28.9 Å². The molecule has 0 aliphatic carbocycles. The number of aromatic nitrogens is 1. The molecule has 0 fully saturated rings. The summed E-state index contributed by atoms with van der Waals surface area (Å²) in [5, 5.41) is 1.72. The lowest BCUT2D eigenvalue weighted by Gasteiger charge is -2.08. The van der Waals surface area contributed by atoms with Crippen LogP contribution in [0.5, 0.6) is 0 Å². The van der Waals surface area contributed by atoms with Crippen LogP contribution in [-0.2, 0) is 6.42 Å². The molecule has 0 bridgehead atoms. The average Bonchev–Trinajstić information content (AvgIpc) is 2.71. The molecular formula is C13H13BrCl2N2S. The fraction of sp³-hybridized carbons (Fsp3) is 0.308. The third-order valence-corrected chi connectivity index (χ3v) is 5.47. The van der Waals surface area contributed by atoms with Gasteiger partial charge in [0.1, 0.15) is 0 Å². The topological polar surface area (TPSA) is 38.9 Å². The Bertz CT molecular complexity index is 611. The Morgan fingerprint density at radius 1 is 1.32 bits per heavy atom. The van der Waals surface area contributed by atoms with Crippen molar-refractivity contribution in [1.29, 1.82) is 0 Å². The summed E-state index contributed by atoms with van der Waals surface area (Å²) < 4.78 is 0.802. The number of nitrogens with two attached hydrogens (primary N) is 1. The first kappa shape index (κ1) is 15.1. The summed E-state index contributed by atoms with van der Waals surface area (Å²) in [5.74, 6) is 0.341. The minimum atomic E-state index is 0.341. The molecule has 0 spiro atoms. The van der Waals surface area contributed by atoms with E-state index < -0.39 is 0 Å². The van der Waals surface area contributed by atoms with Crippen LogP contribution >= 0.6 is 50.5 Å². The van der Waals surface area contributed by atoms with Gasteiger partial charge >= 0.3 is 0 Å². The summed E-state index contributed by atoms with van der Waals surface area (Å²) >= 11 is 17.3. The van der Waals surface area contributed by atoms with Gasteiger partial charge in [0.25, 0.3) is 0 Å². The summed E-state index contributed by atoms with van der Waals surface area (Å²) in [7, 11) is 0. The highest BCUT2D eigenvalue weighted by atomic mass is 79.9. The van der Waals surface area contributed by atoms with Crippen LogP contribution in [0.25, 0.3) is 0 Å². The zero-order valence-corrected chi connectivity index (χ0v) is 14.4. The lowest BCUT2D eigenvalue weighted by atomic mass is 10.0. The van der Waals surface area contributed by atoms with Crippen molar-refractivity contribution in [1.82, 2.24) is 4.98 Å². The van der Waals surface area contributed by atoms with Crippen molar-refractivity contribution >= 4 is 55.6 Å². The molecule has 0 saturated carbocycles. The highest BCUT2D eigenvalue weighted by Crippen LogP contribution is 2.36. The van der Waals surface area contributed by atoms with E-state index in [0.29, 0.717) is 27.5 Å². The van der Waals surface area contributed by atoms with Crippen molar-refractivity contribution in [2.45, 2.75) is 26.2 Å². The number of thiazole rings is 1. The van der Waals surface area contributed by atoms with Crippen LogP contribution in [0.15, 0.2) is 16.6 Å². The zero-order valence-electron chi connectivity index (χ0n) is 10.5. The smallest absolute Gasteiger partial charge is 0.180 e. The summed E-state index contributed by atoms with van der Waals surface area (Å²) in [4.78, 5) is 5.53. The van der Waals surface area contributed by atoms with E-state index in [1.54, 1.807) is 0 Å². The van der Waals surface area contributed by atoms with Crippen LogP contribution in [0.1, 0.15) is 35.9 Å². The lowest BCUT2D eigenvalue weighted by molar-refractivity contribution is 0.820. The van der Waals surface area contributed by atoms with Crippen molar-refractivity contribution in [2.24, 2.45) is 0 Å². The molecule has 2 N–H and O–H groups in total. The number of rotatable bonds is 3. The normalized spacial score (nSPS) is 11.3. The number of hydrogen-bond acceptors (Lipinski definition) is 3.